The summed E-state index contributed by atoms with van der Waals surface area (Å²) in [5, 5.41) is 8.92. The van der Waals surface area contributed by atoms with Gasteiger partial charge in [-0.15, -0.1) is 0 Å². The second kappa shape index (κ2) is 24.2. The first-order chi connectivity index (χ1) is 44.1. The van der Waals surface area contributed by atoms with Gasteiger partial charge in [0, 0.05) is 89.5 Å². The van der Waals surface area contributed by atoms with E-state index in [1.807, 2.05) is 58.0 Å². The third-order valence-electron chi connectivity index (χ3n) is 17.8. The zero-order chi connectivity index (χ0) is 64.5. The predicted molar refractivity (Wildman–Crippen MR) is 374 cm³/mol. The molecule has 16 heterocycles. The Kier molecular flexibility index (Phi) is 16.0. The van der Waals surface area contributed by atoms with E-state index in [9.17, 15) is 0 Å². The summed E-state index contributed by atoms with van der Waals surface area (Å²) >= 11 is 0. The minimum Gasteiger partial charge on any atom is -0.434 e. The van der Waals surface area contributed by atoms with Crippen molar-refractivity contribution in [3.8, 4) is 0 Å². The molecule has 0 fully saturated rings. The number of furan rings is 4. The van der Waals surface area contributed by atoms with Crippen LogP contribution < -0.4 is 80.0 Å². The quantitative estimate of drug-likeness (QED) is 0.154. The summed E-state index contributed by atoms with van der Waals surface area (Å²) in [6, 6.07) is 33.5. The van der Waals surface area contributed by atoms with Crippen molar-refractivity contribution < 1.29 is 35.9 Å². The van der Waals surface area contributed by atoms with Gasteiger partial charge in [-0.1, -0.05) is 30.0 Å². The van der Waals surface area contributed by atoms with Crippen LogP contribution in [0.25, 0.3) is 93.1 Å². The van der Waals surface area contributed by atoms with E-state index in [4.69, 9.17) is 17.7 Å². The van der Waals surface area contributed by atoms with Gasteiger partial charge in [-0.3, -0.25) is 19.2 Å². The highest BCUT2D eigenvalue weighted by Gasteiger charge is 2.34. The van der Waals surface area contributed by atoms with Crippen LogP contribution in [-0.4, -0.2) is 47.3 Å². The second-order valence-electron chi connectivity index (χ2n) is 25.1. The molecule has 0 N–H and O–H groups in total. The Morgan fingerprint density at radius 1 is 0.337 bits per heavy atom. The Hall–Kier alpha value is -10.2. The Labute approximate surface area is 536 Å². The average molecular weight is 1220 g/mol. The van der Waals surface area contributed by atoms with Crippen molar-refractivity contribution in [2.45, 2.75) is 82.7 Å². The Morgan fingerprint density at radius 3 is 1.09 bits per heavy atom. The second-order valence-corrected chi connectivity index (χ2v) is 25.1. The third kappa shape index (κ3) is 11.6. The van der Waals surface area contributed by atoms with Gasteiger partial charge in [-0.05, 0) is 172 Å². The van der Waals surface area contributed by atoms with Gasteiger partial charge in [0.15, 0.2) is 21.7 Å². The fourth-order valence-corrected chi connectivity index (χ4v) is 12.7. The van der Waals surface area contributed by atoms with Crippen LogP contribution in [0.4, 0.5) is 23.3 Å². The summed E-state index contributed by atoms with van der Waals surface area (Å²) in [7, 11) is 8.27. The number of fused-ring (bicyclic) bond motifs is 12. The number of pyridine rings is 8. The molecule has 4 aliphatic heterocycles. The minimum atomic E-state index is 0.243. The fraction of sp³-hybridized carbons (Fsp3) is 0.222. The molecule has 0 radical (unpaired) electrons. The molecule has 0 bridgehead atoms. The SMILES string of the molecule is CB1C=c2c(oc3nc(C)ccc23)=CN1c1cc(C)c(C)c[n+]1C.CB1C=c2c(oc3nc(C)ccc23)=CN1c1cc(C)cc[n+]1C.CB1C=c2c(oc3nc(C)ccc23)=CN1c1ccc(C)c[n+]1C.CB1C=c2c(oc3nc(C)ccc23)=CN1c1cccc[n+]1C. The maximum absolute atomic E-state index is 6.02. The topological polar surface area (TPSA) is 133 Å². The van der Waals surface area contributed by atoms with Gasteiger partial charge in [-0.25, -0.2) is 38.2 Å². The standard InChI is InChI=1S/C19H21BN3O.2C18H19BN3O.C17H17BN3O/c1-12-8-18(22(5)10-13(12)2)23-11-17-16(9-20(23)4)15-7-6-14(3)21-19(15)24-17;1-12-5-8-17(21(4)10-12)22-11-16-15(9-19(22)3)14-7-6-13(2)20-18(14)23-16;1-12-7-8-21(4)17(9-12)22-11-16-15(10-19(22)3)14-6-5-13(2)20-18(14)23-16;1-12-7-8-13-14-10-18(2)21(11-15(14)22-17(13)19-12)16-6-4-5-9-20(16)3/h6-11H,1-5H3;2*5-11H,1-4H3;4-11H,1-3H3/q4*+1. The van der Waals surface area contributed by atoms with E-state index in [1.165, 1.54) is 22.3 Å². The van der Waals surface area contributed by atoms with E-state index in [0.717, 1.165) is 110 Å². The molecule has 0 aromatic carbocycles. The van der Waals surface area contributed by atoms with Crippen LogP contribution in [0.3, 0.4) is 0 Å². The zero-order valence-electron chi connectivity index (χ0n) is 55.5. The smallest absolute Gasteiger partial charge is 0.402 e. The van der Waals surface area contributed by atoms with Crippen LogP contribution in [0.5, 0.6) is 0 Å². The van der Waals surface area contributed by atoms with Gasteiger partial charge in [0.25, 0.3) is 23.3 Å². The molecule has 12 aromatic heterocycles. The van der Waals surface area contributed by atoms with Crippen LogP contribution in [0.1, 0.15) is 45.0 Å². The molecule has 16 rings (SSSR count). The van der Waals surface area contributed by atoms with Crippen molar-refractivity contribution in [3.63, 3.8) is 0 Å². The van der Waals surface area contributed by atoms with E-state index in [-0.39, 0.29) is 27.4 Å². The monoisotopic (exact) mass is 1220 g/mol. The zero-order valence-corrected chi connectivity index (χ0v) is 55.5. The largest absolute Gasteiger partial charge is 0.434 e. The molecular formula is C72H76B4N12O4+4. The van der Waals surface area contributed by atoms with E-state index in [2.05, 4.69) is 281 Å². The van der Waals surface area contributed by atoms with Crippen molar-refractivity contribution in [1.82, 2.24) is 19.9 Å². The molecule has 0 amide bonds. The first kappa shape index (κ1) is 60.7. The third-order valence-corrected chi connectivity index (χ3v) is 17.8. The lowest BCUT2D eigenvalue weighted by atomic mass is 9.61. The van der Waals surface area contributed by atoms with E-state index in [1.54, 1.807) is 0 Å². The molecule has 0 saturated carbocycles. The highest BCUT2D eigenvalue weighted by molar-refractivity contribution is 6.78. The summed E-state index contributed by atoms with van der Waals surface area (Å²) in [5.74, 6) is 13.6. The van der Waals surface area contributed by atoms with E-state index < -0.39 is 0 Å². The van der Waals surface area contributed by atoms with Crippen molar-refractivity contribution in [2.75, 3.05) is 19.2 Å². The number of aryl methyl sites for hydroxylation is 12. The van der Waals surface area contributed by atoms with Crippen LogP contribution in [0.15, 0.2) is 140 Å². The minimum absolute atomic E-state index is 0.243. The molecule has 456 valence electrons. The summed E-state index contributed by atoms with van der Waals surface area (Å²) < 4.78 is 32.5. The first-order valence-electron chi connectivity index (χ1n) is 31.5. The molecule has 0 aliphatic carbocycles. The number of rotatable bonds is 4. The van der Waals surface area contributed by atoms with Gasteiger partial charge in [0.05, 0.1) is 53.0 Å². The Morgan fingerprint density at radius 2 is 0.696 bits per heavy atom. The van der Waals surface area contributed by atoms with E-state index >= 15 is 0 Å². The van der Waals surface area contributed by atoms with Crippen molar-refractivity contribution >= 4 is 144 Å². The van der Waals surface area contributed by atoms with Crippen molar-refractivity contribution in [3.05, 3.63) is 209 Å². The average Bonchev–Trinajstić information content (AvgIpc) is 1.64. The maximum atomic E-state index is 6.02. The fourth-order valence-electron chi connectivity index (χ4n) is 12.7. The Bertz CT molecular complexity index is 5510. The highest BCUT2D eigenvalue weighted by Crippen LogP contribution is 2.22. The van der Waals surface area contributed by atoms with Gasteiger partial charge in [-0.2, -0.15) is 0 Å². The lowest BCUT2D eigenvalue weighted by Crippen LogP contribution is -2.47. The maximum Gasteiger partial charge on any atom is 0.402 e. The molecule has 0 spiro atoms. The highest BCUT2D eigenvalue weighted by atomic mass is 16.3. The number of hydrogen-bond donors (Lipinski definition) is 0. The summed E-state index contributed by atoms with van der Waals surface area (Å²) in [6.07, 6.45) is 16.8. The van der Waals surface area contributed by atoms with Gasteiger partial charge < -0.3 is 17.7 Å². The van der Waals surface area contributed by atoms with Crippen LogP contribution in [0.2, 0.25) is 27.3 Å². The predicted octanol–water partition coefficient (Wildman–Crippen LogP) is 5.87. The molecule has 0 unspecified atom stereocenters. The molecule has 0 saturated heterocycles. The molecule has 0 atom stereocenters. The number of anilines is 4. The van der Waals surface area contributed by atoms with Crippen LogP contribution in [0, 0.1) is 55.4 Å². The molecule has 20 heteroatoms. The lowest BCUT2D eigenvalue weighted by Gasteiger charge is -2.19. The summed E-state index contributed by atoms with van der Waals surface area (Å²) in [6.45, 7) is 26.2. The van der Waals surface area contributed by atoms with Crippen molar-refractivity contribution in [2.24, 2.45) is 28.2 Å². The number of nitrogens with zero attached hydrogens (tertiary/aromatic N) is 12. The molecule has 92 heavy (non-hydrogen) atoms. The van der Waals surface area contributed by atoms with Gasteiger partial charge >= 0.3 is 27.4 Å². The summed E-state index contributed by atoms with van der Waals surface area (Å²) in [4.78, 5) is 27.0. The molecule has 4 aliphatic rings. The lowest BCUT2D eigenvalue weighted by molar-refractivity contribution is -0.658. The normalized spacial score (nSPS) is 13.7. The molecule has 16 nitrogen and oxygen atoms in total. The van der Waals surface area contributed by atoms with Gasteiger partial charge in [0.2, 0.25) is 22.9 Å². The number of hydrogen-bond acceptors (Lipinski definition) is 12. The Balaban J connectivity index is 0.000000112. The molecular weight excluding hydrogens is 1140 g/mol. The van der Waals surface area contributed by atoms with Crippen molar-refractivity contribution in [1.29, 1.82) is 0 Å². The van der Waals surface area contributed by atoms with Crippen LogP contribution >= 0.6 is 0 Å². The van der Waals surface area contributed by atoms with Crippen LogP contribution in [-0.2, 0) is 28.2 Å². The molecule has 12 aromatic rings. The summed E-state index contributed by atoms with van der Waals surface area (Å²) in [5.41, 5.74) is 15.3. The first-order valence-corrected chi connectivity index (χ1v) is 31.5. The van der Waals surface area contributed by atoms with Gasteiger partial charge in [0.1, 0.15) is 24.8 Å². The van der Waals surface area contributed by atoms with E-state index in [0.29, 0.717) is 22.9 Å². The number of aromatic nitrogens is 8.